The van der Waals surface area contributed by atoms with E-state index in [-0.39, 0.29) is 11.8 Å². The number of phenolic OH excluding ortho intramolecular Hbond substituents is 1. The number of rotatable bonds is 4. The Morgan fingerprint density at radius 3 is 2.70 bits per heavy atom. The molecule has 2 aliphatic rings. The van der Waals surface area contributed by atoms with Gasteiger partial charge in [-0.1, -0.05) is 18.2 Å². The van der Waals surface area contributed by atoms with Gasteiger partial charge in [-0.05, 0) is 30.3 Å². The van der Waals surface area contributed by atoms with E-state index in [1.54, 1.807) is 31.6 Å². The standard InChI is InChI=1S/C23H21N3O4/c1-28-20-7-3-6-16-18-12-17(14-8-9-19(27)21(11-14)29-2)25-26(18)23(30-22(16)20)15-5-4-10-24-13-15/h3-11,13,18,23,27H,12H2,1-2H3. The molecular weight excluding hydrogens is 382 g/mol. The summed E-state index contributed by atoms with van der Waals surface area (Å²) in [5.74, 6) is 1.95. The van der Waals surface area contributed by atoms with Gasteiger partial charge in [0.1, 0.15) is 0 Å². The Kier molecular flexibility index (Phi) is 4.43. The molecule has 0 bridgehead atoms. The molecule has 0 amide bonds. The third-order valence-corrected chi connectivity index (χ3v) is 5.48. The fourth-order valence-corrected chi connectivity index (χ4v) is 4.02. The summed E-state index contributed by atoms with van der Waals surface area (Å²) in [4.78, 5) is 4.25. The van der Waals surface area contributed by atoms with E-state index in [2.05, 4.69) is 4.98 Å². The van der Waals surface area contributed by atoms with Crippen LogP contribution < -0.4 is 14.2 Å². The molecule has 0 spiro atoms. The monoisotopic (exact) mass is 403 g/mol. The predicted octanol–water partition coefficient (Wildman–Crippen LogP) is 4.05. The SMILES string of the molecule is COc1cc(C2=NN3C(C2)c2cccc(OC)c2OC3c2cccnc2)ccc1O. The maximum atomic E-state index is 9.95. The van der Waals surface area contributed by atoms with Gasteiger partial charge in [0.2, 0.25) is 6.23 Å². The summed E-state index contributed by atoms with van der Waals surface area (Å²) in [7, 11) is 3.18. The lowest BCUT2D eigenvalue weighted by Crippen LogP contribution is -2.33. The second-order valence-corrected chi connectivity index (χ2v) is 7.17. The largest absolute Gasteiger partial charge is 0.504 e. The molecule has 5 rings (SSSR count). The van der Waals surface area contributed by atoms with Crippen molar-refractivity contribution in [1.82, 2.24) is 9.99 Å². The summed E-state index contributed by atoms with van der Waals surface area (Å²) in [5.41, 5.74) is 3.73. The average Bonchev–Trinajstić information content (AvgIpc) is 3.24. The number of aromatic hydroxyl groups is 1. The molecule has 2 aliphatic heterocycles. The summed E-state index contributed by atoms with van der Waals surface area (Å²) in [5, 5.41) is 16.8. The van der Waals surface area contributed by atoms with Crippen LogP contribution in [0.2, 0.25) is 0 Å². The number of benzene rings is 2. The molecule has 0 saturated heterocycles. The number of para-hydroxylation sites is 1. The molecule has 2 unspecified atom stereocenters. The Morgan fingerprint density at radius 2 is 1.93 bits per heavy atom. The Labute approximate surface area is 174 Å². The first-order valence-corrected chi connectivity index (χ1v) is 9.66. The van der Waals surface area contributed by atoms with Crippen molar-refractivity contribution in [2.75, 3.05) is 14.2 Å². The second-order valence-electron chi connectivity index (χ2n) is 7.17. The number of phenols is 1. The Balaban J connectivity index is 1.61. The number of hydrogen-bond acceptors (Lipinski definition) is 7. The fourth-order valence-electron chi connectivity index (χ4n) is 4.02. The molecule has 1 N–H and O–H groups in total. The Hall–Kier alpha value is -3.74. The summed E-state index contributed by atoms with van der Waals surface area (Å²) in [6, 6.07) is 15.0. The topological polar surface area (TPSA) is 76.4 Å². The maximum absolute atomic E-state index is 9.95. The van der Waals surface area contributed by atoms with Crippen molar-refractivity contribution in [2.24, 2.45) is 5.10 Å². The summed E-state index contributed by atoms with van der Waals surface area (Å²) >= 11 is 0. The highest BCUT2D eigenvalue weighted by atomic mass is 16.5. The zero-order valence-electron chi connectivity index (χ0n) is 16.6. The van der Waals surface area contributed by atoms with Crippen LogP contribution in [0.15, 0.2) is 66.0 Å². The van der Waals surface area contributed by atoms with Crippen LogP contribution in [-0.4, -0.2) is 35.0 Å². The summed E-state index contributed by atoms with van der Waals surface area (Å²) < 4.78 is 17.2. The molecular formula is C23H21N3O4. The van der Waals surface area contributed by atoms with Gasteiger partial charge in [-0.25, -0.2) is 5.01 Å². The molecule has 1 aromatic heterocycles. The van der Waals surface area contributed by atoms with Crippen molar-refractivity contribution in [2.45, 2.75) is 18.7 Å². The fraction of sp³-hybridized carbons (Fsp3) is 0.217. The van der Waals surface area contributed by atoms with E-state index in [0.29, 0.717) is 17.9 Å². The van der Waals surface area contributed by atoms with Gasteiger partial charge in [-0.15, -0.1) is 0 Å². The van der Waals surface area contributed by atoms with E-state index in [0.717, 1.165) is 28.2 Å². The average molecular weight is 403 g/mol. The third-order valence-electron chi connectivity index (χ3n) is 5.48. The van der Waals surface area contributed by atoms with E-state index in [1.165, 1.54) is 7.11 Å². The van der Waals surface area contributed by atoms with Crippen molar-refractivity contribution in [1.29, 1.82) is 0 Å². The van der Waals surface area contributed by atoms with Crippen molar-refractivity contribution in [3.8, 4) is 23.0 Å². The first-order valence-electron chi connectivity index (χ1n) is 9.66. The molecule has 7 heteroatoms. The smallest absolute Gasteiger partial charge is 0.215 e. The van der Waals surface area contributed by atoms with Gasteiger partial charge in [0.05, 0.1) is 26.0 Å². The van der Waals surface area contributed by atoms with Gasteiger partial charge in [0.15, 0.2) is 23.0 Å². The van der Waals surface area contributed by atoms with Crippen LogP contribution >= 0.6 is 0 Å². The minimum Gasteiger partial charge on any atom is -0.504 e. The van der Waals surface area contributed by atoms with Crippen molar-refractivity contribution < 1.29 is 19.3 Å². The van der Waals surface area contributed by atoms with Crippen LogP contribution in [0.25, 0.3) is 0 Å². The molecule has 152 valence electrons. The van der Waals surface area contributed by atoms with Gasteiger partial charge in [0, 0.05) is 35.5 Å². The highest BCUT2D eigenvalue weighted by Crippen LogP contribution is 2.50. The lowest BCUT2D eigenvalue weighted by atomic mass is 9.95. The number of hydrazone groups is 1. The molecule has 0 aliphatic carbocycles. The second kappa shape index (κ2) is 7.26. The molecule has 2 aromatic carbocycles. The molecule has 0 fully saturated rings. The lowest BCUT2D eigenvalue weighted by molar-refractivity contribution is -0.0211. The first-order chi connectivity index (χ1) is 14.7. The highest BCUT2D eigenvalue weighted by Gasteiger charge is 2.42. The quantitative estimate of drug-likeness (QED) is 0.708. The molecule has 0 radical (unpaired) electrons. The van der Waals surface area contributed by atoms with Gasteiger partial charge >= 0.3 is 0 Å². The Morgan fingerprint density at radius 1 is 1.07 bits per heavy atom. The Bertz CT molecular complexity index is 1120. The van der Waals surface area contributed by atoms with Crippen LogP contribution in [0.5, 0.6) is 23.0 Å². The number of hydrogen-bond donors (Lipinski definition) is 1. The minimum absolute atomic E-state index is 0.0103. The maximum Gasteiger partial charge on any atom is 0.215 e. The first kappa shape index (κ1) is 18.3. The number of pyridine rings is 1. The normalized spacial score (nSPS) is 19.4. The number of ether oxygens (including phenoxy) is 3. The van der Waals surface area contributed by atoms with Crippen LogP contribution in [0.3, 0.4) is 0 Å². The summed E-state index contributed by atoms with van der Waals surface area (Å²) in [6.07, 6.45) is 3.79. The van der Waals surface area contributed by atoms with Crippen LogP contribution in [-0.2, 0) is 0 Å². The van der Waals surface area contributed by atoms with Crippen LogP contribution in [0.4, 0.5) is 0 Å². The van der Waals surface area contributed by atoms with Crippen LogP contribution in [0.1, 0.15) is 35.4 Å². The molecule has 3 aromatic rings. The lowest BCUT2D eigenvalue weighted by Gasteiger charge is -2.38. The number of methoxy groups -OCH3 is 2. The van der Waals surface area contributed by atoms with E-state index in [4.69, 9.17) is 19.3 Å². The molecule has 7 nitrogen and oxygen atoms in total. The van der Waals surface area contributed by atoms with Crippen LogP contribution in [0, 0.1) is 0 Å². The molecule has 3 heterocycles. The van der Waals surface area contributed by atoms with E-state index < -0.39 is 6.23 Å². The molecule has 30 heavy (non-hydrogen) atoms. The highest BCUT2D eigenvalue weighted by molar-refractivity contribution is 6.02. The van der Waals surface area contributed by atoms with Crippen molar-refractivity contribution in [3.63, 3.8) is 0 Å². The third kappa shape index (κ3) is 2.90. The van der Waals surface area contributed by atoms with Gasteiger partial charge in [-0.2, -0.15) is 5.10 Å². The predicted molar refractivity (Wildman–Crippen MR) is 111 cm³/mol. The zero-order valence-corrected chi connectivity index (χ0v) is 16.6. The van der Waals surface area contributed by atoms with Gasteiger partial charge in [-0.3, -0.25) is 4.98 Å². The number of nitrogens with zero attached hydrogens (tertiary/aromatic N) is 3. The zero-order chi connectivity index (χ0) is 20.7. The number of aromatic nitrogens is 1. The van der Waals surface area contributed by atoms with Crippen molar-refractivity contribution >= 4 is 5.71 Å². The minimum atomic E-state index is -0.427. The van der Waals surface area contributed by atoms with E-state index >= 15 is 0 Å². The molecule has 0 saturated carbocycles. The van der Waals surface area contributed by atoms with E-state index in [9.17, 15) is 5.11 Å². The van der Waals surface area contributed by atoms with Gasteiger partial charge < -0.3 is 19.3 Å². The molecule has 2 atom stereocenters. The van der Waals surface area contributed by atoms with Gasteiger partial charge in [0.25, 0.3) is 0 Å². The van der Waals surface area contributed by atoms with Crippen molar-refractivity contribution in [3.05, 3.63) is 77.6 Å². The van der Waals surface area contributed by atoms with E-state index in [1.807, 2.05) is 41.4 Å². The number of fused-ring (bicyclic) bond motifs is 3. The summed E-state index contributed by atoms with van der Waals surface area (Å²) in [6.45, 7) is 0.